The van der Waals surface area contributed by atoms with E-state index < -0.39 is 26.0 Å². The Hall–Kier alpha value is -2.67. The monoisotopic (exact) mass is 497 g/mol. The number of benzene rings is 2. The smallest absolute Gasteiger partial charge is 0.261 e. The van der Waals surface area contributed by atoms with E-state index in [1.165, 1.54) is 28.6 Å². The topological polar surface area (TPSA) is 131 Å². The van der Waals surface area contributed by atoms with Crippen molar-refractivity contribution >= 4 is 31.6 Å². The molecule has 1 heterocycles. The summed E-state index contributed by atoms with van der Waals surface area (Å²) in [6.45, 7) is 3.62. The largest absolute Gasteiger partial charge is 0.494 e. The SMILES string of the molecule is CCOc1ccc(NS(=O)(=O)c2ccc(C(=O)NCCS(=O)(=O)N3CCOCC3)cc2)cc1. The number of hydrogen-bond acceptors (Lipinski definition) is 7. The van der Waals surface area contributed by atoms with Crippen molar-refractivity contribution in [1.82, 2.24) is 9.62 Å². The van der Waals surface area contributed by atoms with Crippen molar-refractivity contribution in [3.8, 4) is 5.75 Å². The molecule has 0 saturated carbocycles. The molecule has 0 aliphatic carbocycles. The predicted molar refractivity (Wildman–Crippen MR) is 123 cm³/mol. The van der Waals surface area contributed by atoms with Crippen LogP contribution in [0.4, 0.5) is 5.69 Å². The molecule has 1 amide bonds. The molecule has 10 nitrogen and oxygen atoms in total. The summed E-state index contributed by atoms with van der Waals surface area (Å²) in [5, 5.41) is 2.55. The van der Waals surface area contributed by atoms with Gasteiger partial charge in [0.2, 0.25) is 10.0 Å². The summed E-state index contributed by atoms with van der Waals surface area (Å²) in [6, 6.07) is 11.9. The van der Waals surface area contributed by atoms with Crippen LogP contribution in [0.5, 0.6) is 5.75 Å². The first-order chi connectivity index (χ1) is 15.7. The Morgan fingerprint density at radius 1 is 1.00 bits per heavy atom. The highest BCUT2D eigenvalue weighted by atomic mass is 32.2. The quantitative estimate of drug-likeness (QED) is 0.505. The Labute approximate surface area is 194 Å². The van der Waals surface area contributed by atoms with Gasteiger partial charge in [0.05, 0.1) is 30.5 Å². The Morgan fingerprint density at radius 3 is 2.24 bits per heavy atom. The van der Waals surface area contributed by atoms with Crippen molar-refractivity contribution in [3.05, 3.63) is 54.1 Å². The molecule has 1 saturated heterocycles. The summed E-state index contributed by atoms with van der Waals surface area (Å²) in [6.07, 6.45) is 0. The fourth-order valence-electron chi connectivity index (χ4n) is 3.13. The molecule has 1 aliphatic rings. The predicted octanol–water partition coefficient (Wildman–Crippen LogP) is 1.28. The molecule has 0 aromatic heterocycles. The molecule has 0 atom stereocenters. The lowest BCUT2D eigenvalue weighted by Crippen LogP contribution is -2.43. The third-order valence-electron chi connectivity index (χ3n) is 4.85. The van der Waals surface area contributed by atoms with E-state index in [0.29, 0.717) is 44.3 Å². The summed E-state index contributed by atoms with van der Waals surface area (Å²) in [4.78, 5) is 12.3. The van der Waals surface area contributed by atoms with Crippen molar-refractivity contribution in [2.45, 2.75) is 11.8 Å². The minimum Gasteiger partial charge on any atom is -0.494 e. The number of anilines is 1. The standard InChI is InChI=1S/C21H27N3O7S2/c1-2-31-19-7-5-18(6-8-19)23-33(28,29)20-9-3-17(4-10-20)21(25)22-11-16-32(26,27)24-12-14-30-15-13-24/h3-10,23H,2,11-16H2,1H3,(H,22,25). The molecule has 180 valence electrons. The average molecular weight is 498 g/mol. The van der Waals surface area contributed by atoms with Crippen LogP contribution in [0.15, 0.2) is 53.4 Å². The second-order valence-corrected chi connectivity index (χ2v) is 10.9. The number of nitrogens with one attached hydrogen (secondary N) is 2. The fraction of sp³-hybridized carbons (Fsp3) is 0.381. The van der Waals surface area contributed by atoms with Crippen molar-refractivity contribution < 1.29 is 31.1 Å². The number of hydrogen-bond donors (Lipinski definition) is 2. The van der Waals surface area contributed by atoms with Gasteiger partial charge in [0.1, 0.15) is 5.75 Å². The Kier molecular flexibility index (Phi) is 8.30. The molecule has 0 bridgehead atoms. The van der Waals surface area contributed by atoms with Crippen LogP contribution < -0.4 is 14.8 Å². The first-order valence-electron chi connectivity index (χ1n) is 10.4. The minimum absolute atomic E-state index is 0.0113. The van der Waals surface area contributed by atoms with Crippen LogP contribution in [-0.2, 0) is 24.8 Å². The zero-order valence-electron chi connectivity index (χ0n) is 18.2. The molecule has 1 fully saturated rings. The molecule has 2 aromatic rings. The van der Waals surface area contributed by atoms with Crippen molar-refractivity contribution in [2.75, 3.05) is 49.9 Å². The van der Waals surface area contributed by atoms with Gasteiger partial charge in [0.25, 0.3) is 15.9 Å². The average Bonchev–Trinajstić information content (AvgIpc) is 2.81. The Bertz CT molecular complexity index is 1140. The van der Waals surface area contributed by atoms with E-state index in [9.17, 15) is 21.6 Å². The first-order valence-corrected chi connectivity index (χ1v) is 13.5. The molecule has 2 N–H and O–H groups in total. The van der Waals surface area contributed by atoms with Crippen molar-refractivity contribution in [2.24, 2.45) is 0 Å². The van der Waals surface area contributed by atoms with Gasteiger partial charge < -0.3 is 14.8 Å². The number of ether oxygens (including phenoxy) is 2. The zero-order valence-corrected chi connectivity index (χ0v) is 19.8. The third-order valence-corrected chi connectivity index (χ3v) is 8.12. The van der Waals surface area contributed by atoms with Crippen molar-refractivity contribution in [1.29, 1.82) is 0 Å². The summed E-state index contributed by atoms with van der Waals surface area (Å²) in [7, 11) is -7.33. The van der Waals surface area contributed by atoms with Gasteiger partial charge in [-0.15, -0.1) is 0 Å². The van der Waals surface area contributed by atoms with Crippen LogP contribution in [0.1, 0.15) is 17.3 Å². The molecule has 0 spiro atoms. The molecule has 1 aliphatic heterocycles. The van der Waals surface area contributed by atoms with Crippen molar-refractivity contribution in [3.63, 3.8) is 0 Å². The molecule has 0 radical (unpaired) electrons. The number of nitrogens with zero attached hydrogens (tertiary/aromatic N) is 1. The van der Waals surface area contributed by atoms with Gasteiger partial charge in [-0.2, -0.15) is 4.31 Å². The lowest BCUT2D eigenvalue weighted by molar-refractivity contribution is 0.0730. The van der Waals surface area contributed by atoms with Crippen LogP contribution in [0.3, 0.4) is 0 Å². The van der Waals surface area contributed by atoms with Gasteiger partial charge >= 0.3 is 0 Å². The third kappa shape index (κ3) is 6.90. The Balaban J connectivity index is 1.55. The number of sulfonamides is 2. The van der Waals surface area contributed by atoms with Crippen LogP contribution in [-0.4, -0.2) is 72.3 Å². The zero-order chi connectivity index (χ0) is 23.9. The summed E-state index contributed by atoms with van der Waals surface area (Å²) < 4.78 is 64.1. The maximum atomic E-state index is 12.6. The van der Waals surface area contributed by atoms with Crippen LogP contribution >= 0.6 is 0 Å². The van der Waals surface area contributed by atoms with E-state index in [4.69, 9.17) is 9.47 Å². The van der Waals surface area contributed by atoms with E-state index in [-0.39, 0.29) is 22.8 Å². The lowest BCUT2D eigenvalue weighted by atomic mass is 10.2. The van der Waals surface area contributed by atoms with E-state index >= 15 is 0 Å². The van der Waals surface area contributed by atoms with Crippen LogP contribution in [0.25, 0.3) is 0 Å². The molecule has 2 aromatic carbocycles. The summed E-state index contributed by atoms with van der Waals surface area (Å²) in [5.41, 5.74) is 0.598. The Morgan fingerprint density at radius 2 is 1.64 bits per heavy atom. The van der Waals surface area contributed by atoms with E-state index in [0.717, 1.165) is 0 Å². The van der Waals surface area contributed by atoms with Crippen LogP contribution in [0, 0.1) is 0 Å². The maximum Gasteiger partial charge on any atom is 0.261 e. The molecule has 3 rings (SSSR count). The van der Waals surface area contributed by atoms with Gasteiger partial charge in [-0.1, -0.05) is 0 Å². The molecule has 33 heavy (non-hydrogen) atoms. The number of carbonyl (C=O) groups is 1. The number of morpholine rings is 1. The van der Waals surface area contributed by atoms with Gasteiger partial charge in [-0.3, -0.25) is 9.52 Å². The molecular weight excluding hydrogens is 470 g/mol. The lowest BCUT2D eigenvalue weighted by Gasteiger charge is -2.26. The van der Waals surface area contributed by atoms with Gasteiger partial charge in [-0.25, -0.2) is 16.8 Å². The summed E-state index contributed by atoms with van der Waals surface area (Å²) >= 11 is 0. The van der Waals surface area contributed by atoms with Gasteiger partial charge in [0, 0.05) is 30.9 Å². The van der Waals surface area contributed by atoms with Crippen LogP contribution in [0.2, 0.25) is 0 Å². The highest BCUT2D eigenvalue weighted by Crippen LogP contribution is 2.20. The maximum absolute atomic E-state index is 12.6. The number of carbonyl (C=O) groups excluding carboxylic acids is 1. The summed E-state index contributed by atoms with van der Waals surface area (Å²) in [5.74, 6) is -0.0823. The molecular formula is C21H27N3O7S2. The number of rotatable bonds is 10. The van der Waals surface area contributed by atoms with E-state index in [1.54, 1.807) is 24.3 Å². The van der Waals surface area contributed by atoms with E-state index in [1.807, 2.05) is 6.92 Å². The highest BCUT2D eigenvalue weighted by molar-refractivity contribution is 7.92. The number of amides is 1. The van der Waals surface area contributed by atoms with Gasteiger partial charge in [0.15, 0.2) is 0 Å². The van der Waals surface area contributed by atoms with Gasteiger partial charge in [-0.05, 0) is 55.5 Å². The minimum atomic E-state index is -3.85. The second kappa shape index (κ2) is 11.0. The highest BCUT2D eigenvalue weighted by Gasteiger charge is 2.24. The molecule has 12 heteroatoms. The fourth-order valence-corrected chi connectivity index (χ4v) is 5.52. The first kappa shape index (κ1) is 25.0. The molecule has 0 unspecified atom stereocenters. The normalized spacial score (nSPS) is 15.1. The second-order valence-electron chi connectivity index (χ2n) is 7.17. The van der Waals surface area contributed by atoms with E-state index in [2.05, 4.69) is 10.0 Å².